The van der Waals surface area contributed by atoms with Crippen LogP contribution in [0.5, 0.6) is 0 Å². The molecule has 1 amide bonds. The summed E-state index contributed by atoms with van der Waals surface area (Å²) in [5.74, 6) is 0.245. The zero-order chi connectivity index (χ0) is 20.5. The Hall–Kier alpha value is -2.05. The van der Waals surface area contributed by atoms with Gasteiger partial charge in [0.2, 0.25) is 0 Å². The molecule has 0 spiro atoms. The molecular weight excluding hydrogens is 386 g/mol. The molecule has 1 aromatic carbocycles. The lowest BCUT2D eigenvalue weighted by Gasteiger charge is -2.46. The lowest BCUT2D eigenvalue weighted by molar-refractivity contribution is -0.128. The first-order chi connectivity index (χ1) is 15.3. The number of carbonyl (C=O) groups is 1. The molecule has 4 aliphatic heterocycles. The normalized spacial score (nSPS) is 38.7. The van der Waals surface area contributed by atoms with Gasteiger partial charge < -0.3 is 14.7 Å². The average Bonchev–Trinajstić information content (AvgIpc) is 3.46. The average molecular weight is 420 g/mol. The van der Waals surface area contributed by atoms with Gasteiger partial charge in [-0.05, 0) is 31.2 Å². The summed E-state index contributed by atoms with van der Waals surface area (Å²) in [5.41, 5.74) is 3.54. The Morgan fingerprint density at radius 2 is 1.42 bits per heavy atom. The summed E-state index contributed by atoms with van der Waals surface area (Å²) in [6, 6.07) is 12.6. The van der Waals surface area contributed by atoms with Crippen LogP contribution >= 0.6 is 0 Å². The number of fused-ring (bicyclic) bond motifs is 9. The molecule has 0 radical (unpaired) electrons. The molecular formula is C25H33N5O. The molecule has 2 aliphatic carbocycles. The van der Waals surface area contributed by atoms with Crippen LogP contribution in [-0.4, -0.2) is 63.7 Å². The summed E-state index contributed by atoms with van der Waals surface area (Å²) in [7, 11) is 0. The molecule has 4 fully saturated rings. The van der Waals surface area contributed by atoms with Gasteiger partial charge in [-0.15, -0.1) is 0 Å². The minimum Gasteiger partial charge on any atom is -0.348 e. The third kappa shape index (κ3) is 2.67. The van der Waals surface area contributed by atoms with Crippen molar-refractivity contribution < 1.29 is 4.79 Å². The lowest BCUT2D eigenvalue weighted by atomic mass is 9.90. The molecule has 2 saturated heterocycles. The highest BCUT2D eigenvalue weighted by atomic mass is 16.2. The highest BCUT2D eigenvalue weighted by molar-refractivity contribution is 5.97. The summed E-state index contributed by atoms with van der Waals surface area (Å²) in [5, 5.41) is 8.02. The van der Waals surface area contributed by atoms with E-state index in [4.69, 9.17) is 0 Å². The van der Waals surface area contributed by atoms with E-state index in [1.54, 1.807) is 0 Å². The van der Waals surface area contributed by atoms with Crippen molar-refractivity contribution in [2.24, 2.45) is 0 Å². The topological polar surface area (TPSA) is 50.9 Å². The van der Waals surface area contributed by atoms with E-state index < -0.39 is 0 Å². The molecule has 4 heterocycles. The molecule has 6 heteroatoms. The summed E-state index contributed by atoms with van der Waals surface area (Å²) in [6.45, 7) is 1.46. The number of nitrogens with one attached hydrogen (secondary N) is 2. The van der Waals surface area contributed by atoms with Gasteiger partial charge in [0.25, 0.3) is 5.91 Å². The number of benzene rings is 1. The maximum Gasteiger partial charge on any atom is 0.272 e. The van der Waals surface area contributed by atoms with Crippen molar-refractivity contribution in [1.82, 2.24) is 25.3 Å². The molecule has 6 unspecified atom stereocenters. The number of nitrogens with zero attached hydrogens (tertiary/aromatic N) is 3. The second-order valence-electron chi connectivity index (χ2n) is 10.4. The van der Waals surface area contributed by atoms with Crippen molar-refractivity contribution in [3.05, 3.63) is 47.3 Å². The predicted molar refractivity (Wildman–Crippen MR) is 118 cm³/mol. The molecule has 6 aliphatic rings. The van der Waals surface area contributed by atoms with Crippen molar-refractivity contribution >= 4 is 5.91 Å². The van der Waals surface area contributed by atoms with E-state index >= 15 is 0 Å². The lowest BCUT2D eigenvalue weighted by Crippen LogP contribution is -2.60. The second kappa shape index (κ2) is 6.97. The second-order valence-corrected chi connectivity index (χ2v) is 10.4. The zero-order valence-corrected chi connectivity index (χ0v) is 18.2. The quantitative estimate of drug-likeness (QED) is 0.771. The first kappa shape index (κ1) is 18.5. The minimum absolute atomic E-state index is 0.220. The van der Waals surface area contributed by atoms with Crippen LogP contribution in [0.1, 0.15) is 56.9 Å². The first-order valence-electron chi connectivity index (χ1n) is 12.4. The molecule has 2 N–H and O–H groups in total. The van der Waals surface area contributed by atoms with Crippen LogP contribution in [0.4, 0.5) is 0 Å². The van der Waals surface area contributed by atoms with Gasteiger partial charge in [-0.25, -0.2) is 0 Å². The number of amides is 1. The maximum absolute atomic E-state index is 13.9. The van der Waals surface area contributed by atoms with Crippen molar-refractivity contribution in [2.45, 2.75) is 94.4 Å². The zero-order valence-electron chi connectivity index (χ0n) is 18.2. The van der Waals surface area contributed by atoms with Crippen LogP contribution < -0.4 is 10.6 Å². The van der Waals surface area contributed by atoms with Crippen molar-refractivity contribution in [3.63, 3.8) is 0 Å². The van der Waals surface area contributed by atoms with Crippen molar-refractivity contribution in [3.8, 4) is 0 Å². The fraction of sp³-hybridized carbons (Fsp3) is 0.640. The largest absolute Gasteiger partial charge is 0.348 e. The van der Waals surface area contributed by atoms with E-state index in [2.05, 4.69) is 49.6 Å². The van der Waals surface area contributed by atoms with Crippen LogP contribution in [0.2, 0.25) is 0 Å². The number of hydrogen-bond donors (Lipinski definition) is 2. The molecule has 0 aromatic heterocycles. The Morgan fingerprint density at radius 3 is 2.13 bits per heavy atom. The summed E-state index contributed by atoms with van der Waals surface area (Å²) in [6.07, 6.45) is 10.7. The Kier molecular flexibility index (Phi) is 4.17. The highest BCUT2D eigenvalue weighted by Crippen LogP contribution is 2.46. The van der Waals surface area contributed by atoms with Crippen molar-refractivity contribution in [1.29, 1.82) is 0 Å². The Morgan fingerprint density at radius 1 is 0.806 bits per heavy atom. The minimum atomic E-state index is 0.220. The third-order valence-corrected chi connectivity index (χ3v) is 8.73. The predicted octanol–water partition coefficient (Wildman–Crippen LogP) is 2.34. The molecule has 1 aromatic rings. The summed E-state index contributed by atoms with van der Waals surface area (Å²) >= 11 is 0. The van der Waals surface area contributed by atoms with Crippen LogP contribution in [0.3, 0.4) is 0 Å². The number of rotatable bonds is 2. The van der Waals surface area contributed by atoms with Crippen LogP contribution in [-0.2, 0) is 11.3 Å². The van der Waals surface area contributed by atoms with E-state index in [1.807, 2.05) is 6.07 Å². The fourth-order valence-corrected chi connectivity index (χ4v) is 7.44. The van der Waals surface area contributed by atoms with Crippen molar-refractivity contribution in [2.75, 3.05) is 6.54 Å². The fourth-order valence-electron chi connectivity index (χ4n) is 7.44. The molecule has 164 valence electrons. The maximum atomic E-state index is 13.9. The van der Waals surface area contributed by atoms with Gasteiger partial charge in [0, 0.05) is 30.7 Å². The van der Waals surface area contributed by atoms with Crippen LogP contribution in [0.15, 0.2) is 41.7 Å². The summed E-state index contributed by atoms with van der Waals surface area (Å²) in [4.78, 5) is 21.2. The van der Waals surface area contributed by atoms with E-state index in [0.717, 1.165) is 12.2 Å². The third-order valence-electron chi connectivity index (χ3n) is 8.73. The van der Waals surface area contributed by atoms with Gasteiger partial charge in [-0.1, -0.05) is 56.0 Å². The van der Waals surface area contributed by atoms with Gasteiger partial charge in [0.1, 0.15) is 18.0 Å². The van der Waals surface area contributed by atoms with E-state index in [0.29, 0.717) is 36.9 Å². The number of hydrogen-bond acceptors (Lipinski definition) is 5. The van der Waals surface area contributed by atoms with E-state index in [1.165, 1.54) is 62.6 Å². The SMILES string of the molecule is O=C1C2=C(CN1Cc1ccccc1)N1C3CCCCC3NC1C1NC3CCCCC3N21. The van der Waals surface area contributed by atoms with Crippen LogP contribution in [0.25, 0.3) is 0 Å². The van der Waals surface area contributed by atoms with Crippen LogP contribution in [0, 0.1) is 0 Å². The Bertz CT molecular complexity index is 916. The van der Waals surface area contributed by atoms with Gasteiger partial charge in [-0.3, -0.25) is 15.4 Å². The Balaban J connectivity index is 1.28. The molecule has 6 atom stereocenters. The monoisotopic (exact) mass is 419 g/mol. The first-order valence-corrected chi connectivity index (χ1v) is 12.4. The standard InChI is InChI=1S/C25H33N5O/c31-25-22-21(15-28(25)14-16-8-2-1-3-9-16)29-19-12-6-4-10-17(19)26-23(29)24-27-18-11-5-7-13-20(18)30(22)24/h1-3,8-9,17-20,23-24,26-27H,4-7,10-15H2. The van der Waals surface area contributed by atoms with Gasteiger partial charge in [-0.2, -0.15) is 0 Å². The smallest absolute Gasteiger partial charge is 0.272 e. The molecule has 6 nitrogen and oxygen atoms in total. The van der Waals surface area contributed by atoms with E-state index in [9.17, 15) is 4.79 Å². The number of carbonyl (C=O) groups excluding carboxylic acids is 1. The Labute approximate surface area is 184 Å². The van der Waals surface area contributed by atoms with Gasteiger partial charge in [0.05, 0.1) is 12.2 Å². The van der Waals surface area contributed by atoms with Gasteiger partial charge >= 0.3 is 0 Å². The van der Waals surface area contributed by atoms with E-state index in [-0.39, 0.29) is 12.1 Å². The van der Waals surface area contributed by atoms with Gasteiger partial charge in [0.15, 0.2) is 0 Å². The molecule has 31 heavy (non-hydrogen) atoms. The summed E-state index contributed by atoms with van der Waals surface area (Å²) < 4.78 is 0. The molecule has 7 rings (SSSR count). The molecule has 0 bridgehead atoms. The highest BCUT2D eigenvalue weighted by Gasteiger charge is 2.59. The molecule has 2 saturated carbocycles.